The molecule has 1 saturated heterocycles. The zero-order valence-corrected chi connectivity index (χ0v) is 16.1. The maximum Gasteiger partial charge on any atom is 0.225 e. The number of benzene rings is 1. The largest absolute Gasteiger partial charge is 0.467 e. The first-order valence-corrected chi connectivity index (χ1v) is 9.95. The maximum atomic E-state index is 5.41. The summed E-state index contributed by atoms with van der Waals surface area (Å²) in [6, 6.07) is 11.9. The second kappa shape index (κ2) is 9.52. The predicted molar refractivity (Wildman–Crippen MR) is 111 cm³/mol. The number of nitrogens with one attached hydrogen (secondary N) is 2. The van der Waals surface area contributed by atoms with Gasteiger partial charge in [-0.05, 0) is 43.7 Å². The molecule has 0 aliphatic carbocycles. The lowest BCUT2D eigenvalue weighted by Crippen LogP contribution is -2.36. The van der Waals surface area contributed by atoms with E-state index in [-0.39, 0.29) is 0 Å². The van der Waals surface area contributed by atoms with Gasteiger partial charge in [0, 0.05) is 25.0 Å². The topological polar surface area (TPSA) is 75.5 Å². The van der Waals surface area contributed by atoms with E-state index in [1.165, 1.54) is 0 Å². The summed E-state index contributed by atoms with van der Waals surface area (Å²) in [6.07, 6.45) is 3.92. The molecule has 0 bridgehead atoms. The number of aromatic nitrogens is 2. The number of anilines is 2. The second-order valence-corrected chi connectivity index (χ2v) is 6.93. The van der Waals surface area contributed by atoms with Crippen molar-refractivity contribution in [3.63, 3.8) is 0 Å². The molecule has 0 saturated carbocycles. The van der Waals surface area contributed by atoms with Gasteiger partial charge < -0.3 is 19.8 Å². The number of rotatable bonds is 9. The van der Waals surface area contributed by atoms with Crippen LogP contribution in [0.5, 0.6) is 0 Å². The second-order valence-electron chi connectivity index (χ2n) is 6.93. The molecule has 0 spiro atoms. The van der Waals surface area contributed by atoms with Gasteiger partial charge in [-0.25, -0.2) is 4.98 Å². The Hall–Kier alpha value is -2.64. The lowest BCUT2D eigenvalue weighted by atomic mass is 10.2. The van der Waals surface area contributed by atoms with Crippen LogP contribution in [-0.2, 0) is 11.3 Å². The minimum atomic E-state index is 0.590. The summed E-state index contributed by atoms with van der Waals surface area (Å²) in [6.45, 7) is 6.39. The molecule has 0 unspecified atom stereocenters. The van der Waals surface area contributed by atoms with Gasteiger partial charge in [0.05, 0.1) is 31.5 Å². The Bertz CT molecular complexity index is 862. The van der Waals surface area contributed by atoms with Gasteiger partial charge in [-0.1, -0.05) is 12.1 Å². The molecule has 28 heavy (non-hydrogen) atoms. The molecule has 148 valence electrons. The number of fused-ring (bicyclic) bond motifs is 1. The summed E-state index contributed by atoms with van der Waals surface area (Å²) >= 11 is 0. The molecule has 7 nitrogen and oxygen atoms in total. The highest BCUT2D eigenvalue weighted by Gasteiger charge is 2.10. The molecule has 1 fully saturated rings. The number of para-hydroxylation sites is 1. The fourth-order valence-electron chi connectivity index (χ4n) is 3.36. The van der Waals surface area contributed by atoms with Crippen LogP contribution in [-0.4, -0.2) is 54.3 Å². The Kier molecular flexibility index (Phi) is 6.36. The molecule has 4 rings (SSSR count). The average Bonchev–Trinajstić information content (AvgIpc) is 3.26. The summed E-state index contributed by atoms with van der Waals surface area (Å²) in [5, 5.41) is 7.76. The van der Waals surface area contributed by atoms with Crippen LogP contribution in [0.1, 0.15) is 18.6 Å². The van der Waals surface area contributed by atoms with Gasteiger partial charge in [0.2, 0.25) is 5.95 Å². The number of nitrogens with zero attached hydrogens (tertiary/aromatic N) is 3. The Morgan fingerprint density at radius 2 is 1.86 bits per heavy atom. The first-order valence-electron chi connectivity index (χ1n) is 9.95. The molecule has 3 aromatic rings. The van der Waals surface area contributed by atoms with Gasteiger partial charge in [0.15, 0.2) is 0 Å². The smallest absolute Gasteiger partial charge is 0.225 e. The molecular formula is C21H27N5O2. The standard InChI is InChI=1S/C21H27N5O2/c1-2-8-19-18(7-1)20(23-16-17-6-5-13-28-17)25-21(24-19)22-9-3-4-10-26-11-14-27-15-12-26/h1-2,5-8,13H,3-4,9-12,14-16H2,(H2,22,23,24,25). The third kappa shape index (κ3) is 4.99. The first kappa shape index (κ1) is 18.7. The van der Waals surface area contributed by atoms with Gasteiger partial charge in [-0.2, -0.15) is 4.98 Å². The van der Waals surface area contributed by atoms with E-state index in [0.29, 0.717) is 12.5 Å². The third-order valence-electron chi connectivity index (χ3n) is 4.90. The first-order chi connectivity index (χ1) is 13.9. The summed E-state index contributed by atoms with van der Waals surface area (Å²) in [5.41, 5.74) is 0.926. The van der Waals surface area contributed by atoms with Crippen molar-refractivity contribution in [2.45, 2.75) is 19.4 Å². The number of furan rings is 1. The van der Waals surface area contributed by atoms with Gasteiger partial charge in [-0.3, -0.25) is 4.90 Å². The molecule has 2 N–H and O–H groups in total. The van der Waals surface area contributed by atoms with E-state index in [1.807, 2.05) is 36.4 Å². The minimum absolute atomic E-state index is 0.590. The average molecular weight is 381 g/mol. The van der Waals surface area contributed by atoms with Crippen LogP contribution < -0.4 is 10.6 Å². The molecule has 3 heterocycles. The van der Waals surface area contributed by atoms with E-state index in [9.17, 15) is 0 Å². The maximum absolute atomic E-state index is 5.41. The lowest BCUT2D eigenvalue weighted by Gasteiger charge is -2.26. The summed E-state index contributed by atoms with van der Waals surface area (Å²) in [4.78, 5) is 11.8. The van der Waals surface area contributed by atoms with Crippen LogP contribution >= 0.6 is 0 Å². The zero-order chi connectivity index (χ0) is 19.0. The Balaban J connectivity index is 1.33. The molecule has 1 aromatic carbocycles. The normalized spacial score (nSPS) is 15.0. The van der Waals surface area contributed by atoms with Crippen molar-refractivity contribution in [1.29, 1.82) is 0 Å². The quantitative estimate of drug-likeness (QED) is 0.551. The molecule has 7 heteroatoms. The molecular weight excluding hydrogens is 354 g/mol. The number of ether oxygens (including phenoxy) is 1. The zero-order valence-electron chi connectivity index (χ0n) is 16.1. The molecule has 2 aromatic heterocycles. The molecule has 1 aliphatic rings. The van der Waals surface area contributed by atoms with Crippen LogP contribution in [0.25, 0.3) is 10.9 Å². The minimum Gasteiger partial charge on any atom is -0.467 e. The molecule has 0 radical (unpaired) electrons. The van der Waals surface area contributed by atoms with Crippen LogP contribution in [0, 0.1) is 0 Å². The van der Waals surface area contributed by atoms with E-state index >= 15 is 0 Å². The van der Waals surface area contributed by atoms with Crippen LogP contribution in [0.2, 0.25) is 0 Å². The monoisotopic (exact) mass is 381 g/mol. The molecule has 1 aliphatic heterocycles. The van der Waals surface area contributed by atoms with E-state index in [4.69, 9.17) is 9.15 Å². The van der Waals surface area contributed by atoms with Crippen LogP contribution in [0.3, 0.4) is 0 Å². The van der Waals surface area contributed by atoms with Gasteiger partial charge in [0.25, 0.3) is 0 Å². The van der Waals surface area contributed by atoms with E-state index < -0.39 is 0 Å². The summed E-state index contributed by atoms with van der Waals surface area (Å²) in [5.74, 6) is 2.35. The molecule has 0 atom stereocenters. The summed E-state index contributed by atoms with van der Waals surface area (Å²) in [7, 11) is 0. The third-order valence-corrected chi connectivity index (χ3v) is 4.90. The van der Waals surface area contributed by atoms with Crippen LogP contribution in [0.15, 0.2) is 47.1 Å². The number of hydrogen-bond acceptors (Lipinski definition) is 7. The van der Waals surface area contributed by atoms with Crippen molar-refractivity contribution in [3.8, 4) is 0 Å². The highest BCUT2D eigenvalue weighted by atomic mass is 16.5. The van der Waals surface area contributed by atoms with Crippen molar-refractivity contribution >= 4 is 22.7 Å². The highest BCUT2D eigenvalue weighted by Crippen LogP contribution is 2.22. The van der Waals surface area contributed by atoms with Gasteiger partial charge in [0.1, 0.15) is 11.6 Å². The number of hydrogen-bond donors (Lipinski definition) is 2. The fourth-order valence-corrected chi connectivity index (χ4v) is 3.36. The number of morpholine rings is 1. The summed E-state index contributed by atoms with van der Waals surface area (Å²) < 4.78 is 10.8. The van der Waals surface area contributed by atoms with Crippen LogP contribution in [0.4, 0.5) is 11.8 Å². The fraction of sp³-hybridized carbons (Fsp3) is 0.429. The van der Waals surface area contributed by atoms with E-state index in [2.05, 4.69) is 25.5 Å². The number of unbranched alkanes of at least 4 members (excludes halogenated alkanes) is 1. The lowest BCUT2D eigenvalue weighted by molar-refractivity contribution is 0.0373. The van der Waals surface area contributed by atoms with Gasteiger partial charge >= 0.3 is 0 Å². The molecule has 0 amide bonds. The highest BCUT2D eigenvalue weighted by molar-refractivity contribution is 5.89. The SMILES string of the molecule is c1coc(CNc2nc(NCCCCN3CCOCC3)nc3ccccc23)c1. The van der Waals surface area contributed by atoms with Gasteiger partial charge in [-0.15, -0.1) is 0 Å². The Morgan fingerprint density at radius 1 is 0.964 bits per heavy atom. The Morgan fingerprint density at radius 3 is 2.71 bits per heavy atom. The van der Waals surface area contributed by atoms with Crippen molar-refractivity contribution in [2.24, 2.45) is 0 Å². The van der Waals surface area contributed by atoms with Crippen molar-refractivity contribution in [3.05, 3.63) is 48.4 Å². The van der Waals surface area contributed by atoms with Crippen molar-refractivity contribution in [1.82, 2.24) is 14.9 Å². The predicted octanol–water partition coefficient (Wildman–Crippen LogP) is 3.36. The van der Waals surface area contributed by atoms with Crippen molar-refractivity contribution in [2.75, 3.05) is 50.0 Å². The van der Waals surface area contributed by atoms with Crippen molar-refractivity contribution < 1.29 is 9.15 Å². The van der Waals surface area contributed by atoms with E-state index in [0.717, 1.165) is 74.7 Å². The van der Waals surface area contributed by atoms with E-state index in [1.54, 1.807) is 6.26 Å². The Labute approximate surface area is 165 Å².